The Morgan fingerprint density at radius 2 is 2.24 bits per heavy atom. The van der Waals surface area contributed by atoms with Crippen LogP contribution in [0.4, 0.5) is 0 Å². The minimum atomic E-state index is -0.342. The molecular weight excluding hydrogens is 270 g/mol. The maximum atomic E-state index is 11.4. The molecular formula is C15H23N3O3. The topological polar surface area (TPSA) is 58.0 Å². The van der Waals surface area contributed by atoms with Crippen LogP contribution in [0.1, 0.15) is 22.5 Å². The molecule has 0 spiro atoms. The van der Waals surface area contributed by atoms with Crippen LogP contribution in [0.5, 0.6) is 0 Å². The third-order valence-corrected chi connectivity index (χ3v) is 4.37. The number of hydrogen-bond acceptors (Lipinski definition) is 6. The average molecular weight is 293 g/mol. The minimum absolute atomic E-state index is 0.342. The van der Waals surface area contributed by atoms with Gasteiger partial charge in [-0.1, -0.05) is 0 Å². The molecule has 0 amide bonds. The molecule has 0 radical (unpaired) electrons. The maximum absolute atomic E-state index is 11.4. The molecule has 3 heterocycles. The summed E-state index contributed by atoms with van der Waals surface area (Å²) >= 11 is 0. The zero-order valence-corrected chi connectivity index (χ0v) is 12.5. The van der Waals surface area contributed by atoms with E-state index in [9.17, 15) is 4.79 Å². The third kappa shape index (κ3) is 3.45. The largest absolute Gasteiger partial charge is 0.467 e. The quantitative estimate of drug-likeness (QED) is 0.818. The van der Waals surface area contributed by atoms with Gasteiger partial charge in [0.1, 0.15) is 12.0 Å². The van der Waals surface area contributed by atoms with Crippen molar-refractivity contribution in [3.05, 3.63) is 23.7 Å². The highest BCUT2D eigenvalue weighted by Crippen LogP contribution is 2.19. The molecule has 0 aromatic carbocycles. The number of hydrogen-bond donors (Lipinski definition) is 1. The number of carbonyl (C=O) groups is 1. The lowest BCUT2D eigenvalue weighted by molar-refractivity contribution is 0.0600. The number of furan rings is 1. The zero-order valence-electron chi connectivity index (χ0n) is 12.5. The molecule has 1 unspecified atom stereocenters. The van der Waals surface area contributed by atoms with E-state index in [1.807, 2.05) is 0 Å². The molecule has 3 rings (SSSR count). The van der Waals surface area contributed by atoms with Crippen molar-refractivity contribution in [3.8, 4) is 0 Å². The van der Waals surface area contributed by atoms with E-state index in [-0.39, 0.29) is 5.97 Å². The Morgan fingerprint density at radius 1 is 1.43 bits per heavy atom. The van der Waals surface area contributed by atoms with Gasteiger partial charge in [0.05, 0.1) is 19.2 Å². The molecule has 2 saturated heterocycles. The van der Waals surface area contributed by atoms with Crippen LogP contribution in [0, 0.1) is 0 Å². The predicted molar refractivity (Wildman–Crippen MR) is 78.2 cm³/mol. The molecule has 2 aliphatic rings. The first-order valence-corrected chi connectivity index (χ1v) is 7.59. The Bertz CT molecular complexity index is 482. The van der Waals surface area contributed by atoms with Gasteiger partial charge < -0.3 is 14.5 Å². The van der Waals surface area contributed by atoms with Crippen molar-refractivity contribution in [2.24, 2.45) is 0 Å². The van der Waals surface area contributed by atoms with E-state index in [4.69, 9.17) is 9.15 Å². The fourth-order valence-electron chi connectivity index (χ4n) is 3.21. The van der Waals surface area contributed by atoms with Crippen molar-refractivity contribution in [1.82, 2.24) is 15.1 Å². The Labute approximate surface area is 125 Å². The molecule has 1 aromatic rings. The summed E-state index contributed by atoms with van der Waals surface area (Å²) in [5.41, 5.74) is 0.491. The van der Waals surface area contributed by atoms with E-state index in [2.05, 4.69) is 15.1 Å². The normalized spacial score (nSPS) is 24.3. The average Bonchev–Trinajstić information content (AvgIpc) is 3.17. The fraction of sp³-hybridized carbons (Fsp3) is 0.667. The van der Waals surface area contributed by atoms with Crippen LogP contribution in [0.25, 0.3) is 0 Å². The molecule has 1 atom stereocenters. The molecule has 0 bridgehead atoms. The van der Waals surface area contributed by atoms with Crippen LogP contribution in [0.3, 0.4) is 0 Å². The van der Waals surface area contributed by atoms with E-state index in [1.54, 1.807) is 6.07 Å². The number of piperazine rings is 1. The van der Waals surface area contributed by atoms with Crippen molar-refractivity contribution < 1.29 is 13.9 Å². The van der Waals surface area contributed by atoms with E-state index in [0.29, 0.717) is 11.6 Å². The van der Waals surface area contributed by atoms with Gasteiger partial charge in [-0.2, -0.15) is 0 Å². The van der Waals surface area contributed by atoms with Crippen molar-refractivity contribution in [3.63, 3.8) is 0 Å². The lowest BCUT2D eigenvalue weighted by atomic mass is 10.2. The third-order valence-electron chi connectivity index (χ3n) is 4.37. The second-order valence-corrected chi connectivity index (χ2v) is 5.76. The highest BCUT2D eigenvalue weighted by molar-refractivity contribution is 5.88. The van der Waals surface area contributed by atoms with Crippen molar-refractivity contribution in [2.75, 3.05) is 46.4 Å². The van der Waals surface area contributed by atoms with Crippen LogP contribution in [0.15, 0.2) is 16.7 Å². The standard InChI is InChI=1S/C15H23N3O3/c1-20-15(19)12-8-14(21-11-12)10-17-5-2-13(9-17)18-6-3-16-4-7-18/h8,11,13,16H,2-7,9-10H2,1H3. The molecule has 2 aliphatic heterocycles. The maximum Gasteiger partial charge on any atom is 0.341 e. The number of nitrogens with one attached hydrogen (secondary N) is 1. The Kier molecular flexibility index (Phi) is 4.57. The van der Waals surface area contributed by atoms with Crippen LogP contribution < -0.4 is 5.32 Å². The van der Waals surface area contributed by atoms with Gasteiger partial charge in [0.25, 0.3) is 0 Å². The summed E-state index contributed by atoms with van der Waals surface area (Å²) in [4.78, 5) is 16.4. The second-order valence-electron chi connectivity index (χ2n) is 5.76. The Hall–Kier alpha value is -1.37. The number of likely N-dealkylation sites (tertiary alicyclic amines) is 1. The van der Waals surface area contributed by atoms with Crippen LogP contribution in [-0.2, 0) is 11.3 Å². The number of methoxy groups -OCH3 is 1. The number of rotatable bonds is 4. The van der Waals surface area contributed by atoms with Crippen molar-refractivity contribution >= 4 is 5.97 Å². The second kappa shape index (κ2) is 6.60. The Balaban J connectivity index is 1.52. The van der Waals surface area contributed by atoms with Gasteiger partial charge in [-0.25, -0.2) is 4.79 Å². The summed E-state index contributed by atoms with van der Waals surface area (Å²) in [6, 6.07) is 2.44. The van der Waals surface area contributed by atoms with E-state index < -0.39 is 0 Å². The van der Waals surface area contributed by atoms with E-state index in [0.717, 1.165) is 51.6 Å². The first kappa shape index (κ1) is 14.6. The SMILES string of the molecule is COC(=O)c1coc(CN2CCC(N3CCNCC3)C2)c1. The van der Waals surface area contributed by atoms with Crippen LogP contribution >= 0.6 is 0 Å². The molecule has 6 nitrogen and oxygen atoms in total. The van der Waals surface area contributed by atoms with Crippen molar-refractivity contribution in [1.29, 1.82) is 0 Å². The number of carbonyl (C=O) groups excluding carboxylic acids is 1. The minimum Gasteiger partial charge on any atom is -0.467 e. The van der Waals surface area contributed by atoms with Gasteiger partial charge in [-0.3, -0.25) is 9.80 Å². The van der Waals surface area contributed by atoms with Crippen molar-refractivity contribution in [2.45, 2.75) is 19.0 Å². The lowest BCUT2D eigenvalue weighted by Gasteiger charge is -2.32. The highest BCUT2D eigenvalue weighted by Gasteiger charge is 2.28. The Morgan fingerprint density at radius 3 is 3.00 bits per heavy atom. The number of esters is 1. The molecule has 21 heavy (non-hydrogen) atoms. The summed E-state index contributed by atoms with van der Waals surface area (Å²) in [6.45, 7) is 7.41. The molecule has 116 valence electrons. The van der Waals surface area contributed by atoms with Gasteiger partial charge in [0.15, 0.2) is 0 Å². The molecule has 6 heteroatoms. The fourth-order valence-corrected chi connectivity index (χ4v) is 3.21. The zero-order chi connectivity index (χ0) is 14.7. The van der Waals surface area contributed by atoms with Gasteiger partial charge >= 0.3 is 5.97 Å². The van der Waals surface area contributed by atoms with Crippen LogP contribution in [-0.4, -0.2) is 68.2 Å². The van der Waals surface area contributed by atoms with Gasteiger partial charge in [-0.15, -0.1) is 0 Å². The summed E-state index contributed by atoms with van der Waals surface area (Å²) in [5.74, 6) is 0.487. The summed E-state index contributed by atoms with van der Waals surface area (Å²) < 4.78 is 10.2. The molecule has 0 aliphatic carbocycles. The van der Waals surface area contributed by atoms with Crippen LogP contribution in [0.2, 0.25) is 0 Å². The molecule has 1 aromatic heterocycles. The van der Waals surface area contributed by atoms with E-state index >= 15 is 0 Å². The summed E-state index contributed by atoms with van der Waals surface area (Å²) in [7, 11) is 1.38. The molecule has 1 N–H and O–H groups in total. The number of ether oxygens (including phenoxy) is 1. The first-order valence-electron chi connectivity index (χ1n) is 7.59. The first-order chi connectivity index (χ1) is 10.3. The highest BCUT2D eigenvalue weighted by atomic mass is 16.5. The summed E-state index contributed by atoms with van der Waals surface area (Å²) in [6.07, 6.45) is 2.69. The van der Waals surface area contributed by atoms with Gasteiger partial charge in [-0.05, 0) is 12.5 Å². The predicted octanol–water partition coefficient (Wildman–Crippen LogP) is 0.546. The molecule has 0 saturated carbocycles. The lowest BCUT2D eigenvalue weighted by Crippen LogP contribution is -2.49. The smallest absolute Gasteiger partial charge is 0.341 e. The molecule has 2 fully saturated rings. The van der Waals surface area contributed by atoms with Gasteiger partial charge in [0.2, 0.25) is 0 Å². The summed E-state index contributed by atoms with van der Waals surface area (Å²) in [5, 5.41) is 3.39. The monoisotopic (exact) mass is 293 g/mol. The van der Waals surface area contributed by atoms with Gasteiger partial charge in [0, 0.05) is 45.3 Å². The van der Waals surface area contributed by atoms with E-state index in [1.165, 1.54) is 19.8 Å². The number of nitrogens with zero attached hydrogens (tertiary/aromatic N) is 2.